The molecular formula is C12H9N3O2. The average molecular weight is 227 g/mol. The van der Waals surface area contributed by atoms with Crippen molar-refractivity contribution in [3.8, 4) is 0 Å². The van der Waals surface area contributed by atoms with Crippen LogP contribution in [0.25, 0.3) is 6.08 Å². The Labute approximate surface area is 97.7 Å². The van der Waals surface area contributed by atoms with E-state index in [0.717, 1.165) is 11.3 Å². The van der Waals surface area contributed by atoms with E-state index in [4.69, 9.17) is 0 Å². The van der Waals surface area contributed by atoms with Crippen molar-refractivity contribution in [1.29, 1.82) is 0 Å². The molecule has 17 heavy (non-hydrogen) atoms. The van der Waals surface area contributed by atoms with Gasteiger partial charge in [0.25, 0.3) is 0 Å². The van der Waals surface area contributed by atoms with Gasteiger partial charge in [-0.1, -0.05) is 18.2 Å². The molecule has 0 fully saturated rings. The molecule has 0 spiro atoms. The number of hydrogen-bond donors (Lipinski definition) is 0. The molecule has 0 unspecified atom stereocenters. The van der Waals surface area contributed by atoms with Crippen LogP contribution in [0.1, 0.15) is 5.56 Å². The fraction of sp³-hybridized carbons (Fsp3) is 0. The Morgan fingerprint density at radius 2 is 1.76 bits per heavy atom. The third-order valence-electron chi connectivity index (χ3n) is 2.69. The smallest absolute Gasteiger partial charge is 0.347 e. The standard InChI is InChI=1S/C12H9N3O2/c16-15(17)12-9-10-5-1-2-6-11(10)13-7-3-4-8-14(12)13/h1-9H. The Morgan fingerprint density at radius 3 is 2.53 bits per heavy atom. The van der Waals surface area contributed by atoms with Crippen LogP contribution in [-0.4, -0.2) is 9.93 Å². The second-order valence-corrected chi connectivity index (χ2v) is 3.69. The summed E-state index contributed by atoms with van der Waals surface area (Å²) in [5.74, 6) is 0.0456. The Morgan fingerprint density at radius 1 is 1.06 bits per heavy atom. The van der Waals surface area contributed by atoms with Crippen molar-refractivity contribution in [2.24, 2.45) is 0 Å². The zero-order chi connectivity index (χ0) is 11.8. The van der Waals surface area contributed by atoms with E-state index < -0.39 is 0 Å². The molecule has 0 saturated heterocycles. The summed E-state index contributed by atoms with van der Waals surface area (Å²) in [5.41, 5.74) is 1.77. The monoisotopic (exact) mass is 227 g/mol. The fourth-order valence-corrected chi connectivity index (χ4v) is 1.95. The number of anilines is 1. The van der Waals surface area contributed by atoms with Crippen molar-refractivity contribution < 1.29 is 4.92 Å². The van der Waals surface area contributed by atoms with E-state index in [1.54, 1.807) is 29.6 Å². The molecule has 0 aromatic heterocycles. The van der Waals surface area contributed by atoms with E-state index in [2.05, 4.69) is 0 Å². The average Bonchev–Trinajstić information content (AvgIpc) is 2.37. The quantitative estimate of drug-likeness (QED) is 0.545. The van der Waals surface area contributed by atoms with Crippen LogP contribution in [0, 0.1) is 10.1 Å². The molecule has 0 saturated carbocycles. The third-order valence-corrected chi connectivity index (χ3v) is 2.69. The predicted molar refractivity (Wildman–Crippen MR) is 64.0 cm³/mol. The van der Waals surface area contributed by atoms with Crippen LogP contribution in [0.4, 0.5) is 5.69 Å². The summed E-state index contributed by atoms with van der Waals surface area (Å²) >= 11 is 0. The molecule has 0 radical (unpaired) electrons. The van der Waals surface area contributed by atoms with E-state index in [-0.39, 0.29) is 10.7 Å². The highest BCUT2D eigenvalue weighted by molar-refractivity contribution is 5.72. The van der Waals surface area contributed by atoms with Crippen molar-refractivity contribution in [3.05, 3.63) is 70.3 Å². The Balaban J connectivity index is 2.21. The minimum absolute atomic E-state index is 0.0456. The van der Waals surface area contributed by atoms with Gasteiger partial charge in [0, 0.05) is 17.8 Å². The fourth-order valence-electron chi connectivity index (χ4n) is 1.95. The Hall–Kier alpha value is -2.56. The third kappa shape index (κ3) is 1.40. The highest BCUT2D eigenvalue weighted by atomic mass is 16.6. The SMILES string of the molecule is O=[N+]([O-])C1=Cc2ccccc2N2C=CC=CN12. The first-order chi connectivity index (χ1) is 8.27. The molecule has 0 amide bonds. The van der Waals surface area contributed by atoms with E-state index in [1.807, 2.05) is 30.3 Å². The van der Waals surface area contributed by atoms with Crippen LogP contribution >= 0.6 is 0 Å². The van der Waals surface area contributed by atoms with Crippen molar-refractivity contribution in [2.75, 3.05) is 5.01 Å². The normalized spacial score (nSPS) is 16.4. The number of hydrazine groups is 1. The molecule has 2 aliphatic rings. The highest BCUT2D eigenvalue weighted by Crippen LogP contribution is 2.33. The lowest BCUT2D eigenvalue weighted by molar-refractivity contribution is -0.442. The summed E-state index contributed by atoms with van der Waals surface area (Å²) in [6, 6.07) is 7.57. The first-order valence-corrected chi connectivity index (χ1v) is 5.16. The van der Waals surface area contributed by atoms with Gasteiger partial charge in [-0.25, -0.2) is 0 Å². The lowest BCUT2D eigenvalue weighted by Crippen LogP contribution is -2.40. The second-order valence-electron chi connectivity index (χ2n) is 3.69. The van der Waals surface area contributed by atoms with Crippen LogP contribution in [0.15, 0.2) is 54.6 Å². The Bertz CT molecular complexity index is 575. The van der Waals surface area contributed by atoms with Crippen molar-refractivity contribution in [2.45, 2.75) is 0 Å². The maximum absolute atomic E-state index is 11.0. The number of benzene rings is 1. The van der Waals surface area contributed by atoms with Crippen LogP contribution in [0.3, 0.4) is 0 Å². The van der Waals surface area contributed by atoms with Gasteiger partial charge in [0.05, 0.1) is 5.69 Å². The molecule has 2 aliphatic heterocycles. The minimum Gasteiger partial charge on any atom is -0.358 e. The number of para-hydroxylation sites is 1. The summed E-state index contributed by atoms with van der Waals surface area (Å²) in [7, 11) is 0. The molecule has 5 nitrogen and oxygen atoms in total. The van der Waals surface area contributed by atoms with Crippen LogP contribution in [0.2, 0.25) is 0 Å². The first kappa shape index (κ1) is 9.65. The number of rotatable bonds is 1. The van der Waals surface area contributed by atoms with Gasteiger partial charge < -0.3 is 10.1 Å². The minimum atomic E-state index is -0.382. The topological polar surface area (TPSA) is 49.6 Å². The van der Waals surface area contributed by atoms with Crippen LogP contribution in [0.5, 0.6) is 0 Å². The predicted octanol–water partition coefficient (Wildman–Crippen LogP) is 2.34. The molecule has 0 N–H and O–H groups in total. The molecular weight excluding hydrogens is 218 g/mol. The maximum Gasteiger partial charge on any atom is 0.347 e. The number of fused-ring (bicyclic) bond motifs is 3. The van der Waals surface area contributed by atoms with Crippen molar-refractivity contribution >= 4 is 11.8 Å². The Kier molecular flexibility index (Phi) is 1.98. The van der Waals surface area contributed by atoms with Gasteiger partial charge in [-0.15, -0.1) is 5.01 Å². The first-order valence-electron chi connectivity index (χ1n) is 5.16. The molecule has 3 rings (SSSR count). The lowest BCUT2D eigenvalue weighted by Gasteiger charge is -2.31. The van der Waals surface area contributed by atoms with Gasteiger partial charge in [-0.3, -0.25) is 0 Å². The molecule has 84 valence electrons. The summed E-state index contributed by atoms with van der Waals surface area (Å²) in [6.07, 6.45) is 8.66. The molecule has 1 aromatic rings. The van der Waals surface area contributed by atoms with Crippen molar-refractivity contribution in [1.82, 2.24) is 5.01 Å². The zero-order valence-corrected chi connectivity index (χ0v) is 8.85. The maximum atomic E-state index is 11.0. The highest BCUT2D eigenvalue weighted by Gasteiger charge is 2.32. The molecule has 1 aromatic carbocycles. The van der Waals surface area contributed by atoms with Gasteiger partial charge in [-0.05, 0) is 23.1 Å². The van der Waals surface area contributed by atoms with E-state index in [1.165, 1.54) is 5.01 Å². The van der Waals surface area contributed by atoms with Gasteiger partial charge in [-0.2, -0.15) is 5.01 Å². The van der Waals surface area contributed by atoms with Crippen LogP contribution in [-0.2, 0) is 0 Å². The number of allylic oxidation sites excluding steroid dienone is 2. The van der Waals surface area contributed by atoms with Gasteiger partial charge in [0.15, 0.2) is 0 Å². The van der Waals surface area contributed by atoms with Gasteiger partial charge >= 0.3 is 5.82 Å². The number of nitro groups is 1. The molecule has 0 atom stereocenters. The molecule has 5 heteroatoms. The number of hydrogen-bond acceptors (Lipinski definition) is 4. The molecule has 0 bridgehead atoms. The van der Waals surface area contributed by atoms with Gasteiger partial charge in [0.1, 0.15) is 6.20 Å². The lowest BCUT2D eigenvalue weighted by atomic mass is 10.1. The summed E-state index contributed by atoms with van der Waals surface area (Å²) in [4.78, 5) is 10.6. The second kappa shape index (κ2) is 3.48. The van der Waals surface area contributed by atoms with Crippen molar-refractivity contribution in [3.63, 3.8) is 0 Å². The van der Waals surface area contributed by atoms with Crippen LogP contribution < -0.4 is 5.01 Å². The largest absolute Gasteiger partial charge is 0.358 e. The van der Waals surface area contributed by atoms with E-state index in [0.29, 0.717) is 0 Å². The van der Waals surface area contributed by atoms with E-state index >= 15 is 0 Å². The molecule has 2 heterocycles. The van der Waals surface area contributed by atoms with E-state index in [9.17, 15) is 10.1 Å². The zero-order valence-electron chi connectivity index (χ0n) is 8.85. The van der Waals surface area contributed by atoms with Gasteiger partial charge in [0.2, 0.25) is 0 Å². The molecule has 0 aliphatic carbocycles. The summed E-state index contributed by atoms with van der Waals surface area (Å²) < 4.78 is 0. The summed E-state index contributed by atoms with van der Waals surface area (Å²) in [5, 5.41) is 14.3. The summed E-state index contributed by atoms with van der Waals surface area (Å²) in [6.45, 7) is 0. The number of nitrogens with zero attached hydrogens (tertiary/aromatic N) is 3.